The van der Waals surface area contributed by atoms with Gasteiger partial charge >= 0.3 is 5.97 Å². The molecular weight excluding hydrogens is 172 g/mol. The Morgan fingerprint density at radius 1 is 1.75 bits per heavy atom. The van der Waals surface area contributed by atoms with Crippen LogP contribution in [0.2, 0.25) is 0 Å². The van der Waals surface area contributed by atoms with Gasteiger partial charge in [0.15, 0.2) is 6.61 Å². The Morgan fingerprint density at radius 3 is 3.17 bits per heavy atom. The molecule has 0 spiro atoms. The third kappa shape index (κ3) is 2.77. The van der Waals surface area contributed by atoms with E-state index in [2.05, 4.69) is 5.92 Å². The summed E-state index contributed by atoms with van der Waals surface area (Å²) in [5, 5.41) is 1.92. The summed E-state index contributed by atoms with van der Waals surface area (Å²) in [6, 6.07) is 3.79. The molecule has 0 bridgehead atoms. The fourth-order valence-corrected chi connectivity index (χ4v) is 1.42. The number of hydrogen-bond donors (Lipinski definition) is 0. The van der Waals surface area contributed by atoms with Crippen LogP contribution in [-0.4, -0.2) is 12.6 Å². The van der Waals surface area contributed by atoms with Crippen molar-refractivity contribution in [2.24, 2.45) is 0 Å². The summed E-state index contributed by atoms with van der Waals surface area (Å²) >= 11 is 1.53. The van der Waals surface area contributed by atoms with Gasteiger partial charge in [-0.1, -0.05) is 12.0 Å². The molecule has 0 aliphatic heterocycles. The third-order valence-electron chi connectivity index (χ3n) is 1.22. The molecule has 0 aliphatic carbocycles. The lowest BCUT2D eigenvalue weighted by molar-refractivity contribution is -0.141. The number of carbonyl (C=O) groups excluding carboxylic acids is 1. The number of terminal acetylenes is 1. The van der Waals surface area contributed by atoms with Crippen LogP contribution in [0.4, 0.5) is 0 Å². The highest BCUT2D eigenvalue weighted by Crippen LogP contribution is 2.09. The molecule has 0 amide bonds. The molecular formula is C9H8O2S. The Kier molecular flexibility index (Phi) is 3.36. The first-order valence-electron chi connectivity index (χ1n) is 3.44. The lowest BCUT2D eigenvalue weighted by atomic mass is 10.3. The second-order valence-corrected chi connectivity index (χ2v) is 3.15. The van der Waals surface area contributed by atoms with E-state index in [1.165, 1.54) is 11.3 Å². The Hall–Kier alpha value is -1.27. The molecule has 0 N–H and O–H groups in total. The molecule has 2 nitrogen and oxygen atoms in total. The van der Waals surface area contributed by atoms with Crippen molar-refractivity contribution in [2.75, 3.05) is 6.61 Å². The van der Waals surface area contributed by atoms with E-state index in [1.54, 1.807) is 0 Å². The van der Waals surface area contributed by atoms with Crippen molar-refractivity contribution in [3.63, 3.8) is 0 Å². The zero-order valence-electron chi connectivity index (χ0n) is 6.45. The molecule has 0 aliphatic rings. The van der Waals surface area contributed by atoms with Gasteiger partial charge in [0, 0.05) is 4.88 Å². The number of rotatable bonds is 3. The van der Waals surface area contributed by atoms with Crippen LogP contribution < -0.4 is 0 Å². The Balaban J connectivity index is 2.33. The van der Waals surface area contributed by atoms with E-state index in [1.807, 2.05) is 17.5 Å². The van der Waals surface area contributed by atoms with Crippen LogP contribution in [0.1, 0.15) is 4.88 Å². The molecule has 1 aromatic rings. The Labute approximate surface area is 75.2 Å². The number of esters is 1. The molecule has 0 radical (unpaired) electrons. The summed E-state index contributed by atoms with van der Waals surface area (Å²) in [6.45, 7) is 0.0597. The molecule has 0 fully saturated rings. The van der Waals surface area contributed by atoms with Crippen LogP contribution in [0.5, 0.6) is 0 Å². The molecule has 62 valence electrons. The molecule has 0 unspecified atom stereocenters. The van der Waals surface area contributed by atoms with Crippen molar-refractivity contribution in [3.8, 4) is 12.3 Å². The molecule has 1 rings (SSSR count). The maximum atomic E-state index is 11.0. The van der Waals surface area contributed by atoms with E-state index in [4.69, 9.17) is 11.2 Å². The fraction of sp³-hybridized carbons (Fsp3) is 0.222. The molecule has 1 heterocycles. The summed E-state index contributed by atoms with van der Waals surface area (Å²) in [4.78, 5) is 12.0. The predicted molar refractivity (Wildman–Crippen MR) is 47.8 cm³/mol. The number of carbonyl (C=O) groups is 1. The highest BCUT2D eigenvalue weighted by atomic mass is 32.1. The zero-order chi connectivity index (χ0) is 8.81. The van der Waals surface area contributed by atoms with Crippen LogP contribution in [0.25, 0.3) is 0 Å². The Bertz CT molecular complexity index is 282. The van der Waals surface area contributed by atoms with Crippen molar-refractivity contribution in [1.82, 2.24) is 0 Å². The van der Waals surface area contributed by atoms with E-state index >= 15 is 0 Å². The predicted octanol–water partition coefficient (Wildman–Crippen LogP) is 1.47. The average molecular weight is 180 g/mol. The first-order valence-corrected chi connectivity index (χ1v) is 4.32. The van der Waals surface area contributed by atoms with E-state index < -0.39 is 0 Å². The van der Waals surface area contributed by atoms with Gasteiger partial charge in [0.05, 0.1) is 6.42 Å². The van der Waals surface area contributed by atoms with Gasteiger partial charge in [0.25, 0.3) is 0 Å². The smallest absolute Gasteiger partial charge is 0.312 e. The zero-order valence-corrected chi connectivity index (χ0v) is 7.26. The summed E-state index contributed by atoms with van der Waals surface area (Å²) in [6.07, 6.45) is 5.24. The number of hydrogen-bond acceptors (Lipinski definition) is 3. The largest absolute Gasteiger partial charge is 0.452 e. The van der Waals surface area contributed by atoms with Crippen LogP contribution in [0, 0.1) is 12.3 Å². The molecule has 3 heteroatoms. The SMILES string of the molecule is C#CCOC(=O)Cc1cccs1. The second-order valence-electron chi connectivity index (χ2n) is 2.12. The monoisotopic (exact) mass is 180 g/mol. The van der Waals surface area contributed by atoms with Crippen LogP contribution in [0.15, 0.2) is 17.5 Å². The minimum atomic E-state index is -0.268. The Morgan fingerprint density at radius 2 is 2.58 bits per heavy atom. The summed E-state index contributed by atoms with van der Waals surface area (Å²) < 4.78 is 4.70. The number of thiophene rings is 1. The molecule has 1 aromatic heterocycles. The van der Waals surface area contributed by atoms with Crippen LogP contribution in [-0.2, 0) is 16.0 Å². The van der Waals surface area contributed by atoms with Gasteiger partial charge in [-0.05, 0) is 11.4 Å². The van der Waals surface area contributed by atoms with Gasteiger partial charge in [-0.15, -0.1) is 17.8 Å². The fourth-order valence-electron chi connectivity index (χ4n) is 0.729. The lowest BCUT2D eigenvalue weighted by Gasteiger charge is -1.97. The van der Waals surface area contributed by atoms with Crippen molar-refractivity contribution >= 4 is 17.3 Å². The van der Waals surface area contributed by atoms with Gasteiger partial charge in [0.1, 0.15) is 0 Å². The van der Waals surface area contributed by atoms with Gasteiger partial charge in [0.2, 0.25) is 0 Å². The van der Waals surface area contributed by atoms with E-state index in [0.717, 1.165) is 4.88 Å². The minimum Gasteiger partial charge on any atom is -0.452 e. The van der Waals surface area contributed by atoms with Crippen LogP contribution >= 0.6 is 11.3 Å². The van der Waals surface area contributed by atoms with E-state index in [9.17, 15) is 4.79 Å². The van der Waals surface area contributed by atoms with Gasteiger partial charge < -0.3 is 4.74 Å². The first kappa shape index (κ1) is 8.82. The quantitative estimate of drug-likeness (QED) is 0.520. The van der Waals surface area contributed by atoms with E-state index in [0.29, 0.717) is 6.42 Å². The van der Waals surface area contributed by atoms with Crippen molar-refractivity contribution in [3.05, 3.63) is 22.4 Å². The van der Waals surface area contributed by atoms with Crippen molar-refractivity contribution in [2.45, 2.75) is 6.42 Å². The molecule has 0 atom stereocenters. The highest BCUT2D eigenvalue weighted by molar-refractivity contribution is 7.10. The van der Waals surface area contributed by atoms with Crippen molar-refractivity contribution in [1.29, 1.82) is 0 Å². The average Bonchev–Trinajstić information content (AvgIpc) is 2.53. The van der Waals surface area contributed by atoms with Crippen LogP contribution in [0.3, 0.4) is 0 Å². The summed E-state index contributed by atoms with van der Waals surface area (Å²) in [7, 11) is 0. The number of ether oxygens (including phenoxy) is 1. The van der Waals surface area contributed by atoms with Gasteiger partial charge in [-0.25, -0.2) is 0 Å². The molecule has 12 heavy (non-hydrogen) atoms. The van der Waals surface area contributed by atoms with Gasteiger partial charge in [-0.2, -0.15) is 0 Å². The van der Waals surface area contributed by atoms with E-state index in [-0.39, 0.29) is 12.6 Å². The minimum absolute atomic E-state index is 0.0597. The van der Waals surface area contributed by atoms with Gasteiger partial charge in [-0.3, -0.25) is 4.79 Å². The maximum Gasteiger partial charge on any atom is 0.312 e. The van der Waals surface area contributed by atoms with Crippen molar-refractivity contribution < 1.29 is 9.53 Å². The maximum absolute atomic E-state index is 11.0. The molecule has 0 aromatic carbocycles. The lowest BCUT2D eigenvalue weighted by Crippen LogP contribution is -2.06. The molecule has 0 saturated heterocycles. The summed E-state index contributed by atoms with van der Waals surface area (Å²) in [5.74, 6) is 1.97. The first-order chi connectivity index (χ1) is 5.83. The normalized spacial score (nSPS) is 8.92. The second kappa shape index (κ2) is 4.58. The summed E-state index contributed by atoms with van der Waals surface area (Å²) in [5.41, 5.74) is 0. The topological polar surface area (TPSA) is 26.3 Å². The third-order valence-corrected chi connectivity index (χ3v) is 2.09. The standard InChI is InChI=1S/C9H8O2S/c1-2-5-11-9(10)7-8-4-3-6-12-8/h1,3-4,6H,5,7H2. The molecule has 0 saturated carbocycles. The highest BCUT2D eigenvalue weighted by Gasteiger charge is 2.03.